The molecule has 1 unspecified atom stereocenters. The first-order valence-corrected chi connectivity index (χ1v) is 6.56. The fraction of sp³-hybridized carbons (Fsp3) is 0.615. The average Bonchev–Trinajstić information content (AvgIpc) is 2.92. The largest absolute Gasteiger partial charge is 0.464 e. The van der Waals surface area contributed by atoms with Crippen LogP contribution in [0, 0.1) is 0 Å². The fourth-order valence-corrected chi connectivity index (χ4v) is 2.46. The molecule has 2 rings (SSSR count). The standard InChI is InChI=1S/C13H19N3O3/c1-19-13(18)11-6-7-12(15-14-11)16-8-2-4-10(16)5-3-9-17/h6-7,10,17H,2-5,8-9H2,1H3. The molecule has 6 heteroatoms. The topological polar surface area (TPSA) is 75.5 Å². The first-order valence-electron chi connectivity index (χ1n) is 6.56. The minimum atomic E-state index is -0.475. The monoisotopic (exact) mass is 265 g/mol. The van der Waals surface area contributed by atoms with Crippen LogP contribution >= 0.6 is 0 Å². The van der Waals surface area contributed by atoms with Gasteiger partial charge in [-0.1, -0.05) is 0 Å². The molecule has 104 valence electrons. The molecule has 0 amide bonds. The number of carbonyl (C=O) groups excluding carboxylic acids is 1. The van der Waals surface area contributed by atoms with Gasteiger partial charge in [-0.2, -0.15) is 0 Å². The quantitative estimate of drug-likeness (QED) is 0.801. The second-order valence-corrected chi connectivity index (χ2v) is 4.62. The summed E-state index contributed by atoms with van der Waals surface area (Å²) in [7, 11) is 1.32. The summed E-state index contributed by atoms with van der Waals surface area (Å²) < 4.78 is 4.59. The Bertz CT molecular complexity index is 422. The number of aromatic nitrogens is 2. The van der Waals surface area contributed by atoms with Gasteiger partial charge in [0.2, 0.25) is 0 Å². The van der Waals surface area contributed by atoms with E-state index >= 15 is 0 Å². The Morgan fingerprint density at radius 3 is 3.00 bits per heavy atom. The highest BCUT2D eigenvalue weighted by Gasteiger charge is 2.25. The van der Waals surface area contributed by atoms with Gasteiger partial charge in [0, 0.05) is 19.2 Å². The van der Waals surface area contributed by atoms with E-state index in [0.717, 1.165) is 38.0 Å². The maximum absolute atomic E-state index is 11.3. The van der Waals surface area contributed by atoms with E-state index < -0.39 is 5.97 Å². The molecule has 1 aliphatic heterocycles. The zero-order valence-electron chi connectivity index (χ0n) is 11.1. The lowest BCUT2D eigenvalue weighted by atomic mass is 10.1. The molecule has 0 saturated carbocycles. The van der Waals surface area contributed by atoms with E-state index in [0.29, 0.717) is 6.04 Å². The predicted molar refractivity (Wildman–Crippen MR) is 70.1 cm³/mol. The highest BCUT2D eigenvalue weighted by molar-refractivity contribution is 5.86. The van der Waals surface area contributed by atoms with Gasteiger partial charge in [-0.3, -0.25) is 0 Å². The maximum atomic E-state index is 11.3. The Balaban J connectivity index is 2.06. The van der Waals surface area contributed by atoms with Crippen LogP contribution < -0.4 is 4.90 Å². The van der Waals surface area contributed by atoms with Crippen molar-refractivity contribution in [2.45, 2.75) is 31.7 Å². The molecule has 19 heavy (non-hydrogen) atoms. The number of anilines is 1. The van der Waals surface area contributed by atoms with Crippen molar-refractivity contribution in [1.29, 1.82) is 0 Å². The molecule has 1 aromatic heterocycles. The molecule has 0 aromatic carbocycles. The van der Waals surface area contributed by atoms with Crippen molar-refractivity contribution in [2.24, 2.45) is 0 Å². The van der Waals surface area contributed by atoms with Crippen LogP contribution in [0.15, 0.2) is 12.1 Å². The number of carbonyl (C=O) groups is 1. The van der Waals surface area contributed by atoms with Crippen LogP contribution in [0.4, 0.5) is 5.82 Å². The third-order valence-corrected chi connectivity index (χ3v) is 3.41. The number of nitrogens with zero attached hydrogens (tertiary/aromatic N) is 3. The van der Waals surface area contributed by atoms with Crippen LogP contribution in [0.2, 0.25) is 0 Å². The van der Waals surface area contributed by atoms with Gasteiger partial charge in [0.1, 0.15) is 0 Å². The van der Waals surface area contributed by atoms with Crippen LogP contribution in [0.5, 0.6) is 0 Å². The Labute approximate surface area is 112 Å². The molecular formula is C13H19N3O3. The first kappa shape index (κ1) is 13.7. The van der Waals surface area contributed by atoms with Gasteiger partial charge in [0.15, 0.2) is 11.5 Å². The summed E-state index contributed by atoms with van der Waals surface area (Å²) in [6.45, 7) is 1.17. The molecule has 1 N–H and O–H groups in total. The number of hydrogen-bond acceptors (Lipinski definition) is 6. The van der Waals surface area contributed by atoms with Gasteiger partial charge in [-0.05, 0) is 37.8 Å². The number of aliphatic hydroxyl groups is 1. The summed E-state index contributed by atoms with van der Waals surface area (Å²) in [4.78, 5) is 13.5. The number of ether oxygens (including phenoxy) is 1. The van der Waals surface area contributed by atoms with E-state index in [2.05, 4.69) is 19.8 Å². The highest BCUT2D eigenvalue weighted by atomic mass is 16.5. The van der Waals surface area contributed by atoms with Crippen LogP contribution in [-0.2, 0) is 4.74 Å². The SMILES string of the molecule is COC(=O)c1ccc(N2CCCC2CCCO)nn1. The number of esters is 1. The summed E-state index contributed by atoms with van der Waals surface area (Å²) in [6.07, 6.45) is 3.99. The molecule has 1 atom stereocenters. The summed E-state index contributed by atoms with van der Waals surface area (Å²) in [5.74, 6) is 0.311. The van der Waals surface area contributed by atoms with Gasteiger partial charge >= 0.3 is 5.97 Å². The van der Waals surface area contributed by atoms with E-state index in [4.69, 9.17) is 5.11 Å². The summed E-state index contributed by atoms with van der Waals surface area (Å²) in [5.41, 5.74) is 0.220. The lowest BCUT2D eigenvalue weighted by Gasteiger charge is -2.25. The number of methoxy groups -OCH3 is 1. The molecule has 1 fully saturated rings. The first-order chi connectivity index (χ1) is 9.26. The lowest BCUT2D eigenvalue weighted by molar-refractivity contribution is 0.0592. The second kappa shape index (κ2) is 6.47. The molecule has 2 heterocycles. The number of aliphatic hydroxyl groups excluding tert-OH is 1. The molecule has 0 bridgehead atoms. The van der Waals surface area contributed by atoms with E-state index in [1.165, 1.54) is 7.11 Å². The van der Waals surface area contributed by atoms with Crippen molar-refractivity contribution in [3.8, 4) is 0 Å². The smallest absolute Gasteiger partial charge is 0.358 e. The minimum Gasteiger partial charge on any atom is -0.464 e. The molecule has 0 aliphatic carbocycles. The third-order valence-electron chi connectivity index (χ3n) is 3.41. The Hall–Kier alpha value is -1.69. The molecular weight excluding hydrogens is 246 g/mol. The fourth-order valence-electron chi connectivity index (χ4n) is 2.46. The van der Waals surface area contributed by atoms with Crippen LogP contribution in [0.3, 0.4) is 0 Å². The predicted octanol–water partition coefficient (Wildman–Crippen LogP) is 1.00. The zero-order valence-corrected chi connectivity index (χ0v) is 11.1. The molecule has 0 spiro atoms. The van der Waals surface area contributed by atoms with E-state index in [9.17, 15) is 4.79 Å². The van der Waals surface area contributed by atoms with Crippen LogP contribution in [0.25, 0.3) is 0 Å². The van der Waals surface area contributed by atoms with E-state index in [-0.39, 0.29) is 12.3 Å². The van der Waals surface area contributed by atoms with Crippen LogP contribution in [0.1, 0.15) is 36.2 Å². The Morgan fingerprint density at radius 1 is 1.53 bits per heavy atom. The van der Waals surface area contributed by atoms with Gasteiger partial charge < -0.3 is 14.7 Å². The normalized spacial score (nSPS) is 18.6. The number of hydrogen-bond donors (Lipinski definition) is 1. The maximum Gasteiger partial charge on any atom is 0.358 e. The molecule has 1 saturated heterocycles. The summed E-state index contributed by atoms with van der Waals surface area (Å²) in [6, 6.07) is 3.84. The van der Waals surface area contributed by atoms with Crippen molar-refractivity contribution in [3.63, 3.8) is 0 Å². The van der Waals surface area contributed by atoms with Crippen molar-refractivity contribution in [1.82, 2.24) is 10.2 Å². The summed E-state index contributed by atoms with van der Waals surface area (Å²) >= 11 is 0. The molecule has 0 radical (unpaired) electrons. The minimum absolute atomic E-state index is 0.220. The highest BCUT2D eigenvalue weighted by Crippen LogP contribution is 2.26. The van der Waals surface area contributed by atoms with Crippen molar-refractivity contribution in [3.05, 3.63) is 17.8 Å². The molecule has 6 nitrogen and oxygen atoms in total. The third kappa shape index (κ3) is 3.20. The zero-order chi connectivity index (χ0) is 13.7. The Kier molecular flexibility index (Phi) is 4.68. The van der Waals surface area contributed by atoms with Gasteiger partial charge in [0.25, 0.3) is 0 Å². The van der Waals surface area contributed by atoms with E-state index in [1.54, 1.807) is 12.1 Å². The summed E-state index contributed by atoms with van der Waals surface area (Å²) in [5, 5.41) is 16.9. The Morgan fingerprint density at radius 2 is 2.37 bits per heavy atom. The van der Waals surface area contributed by atoms with Crippen molar-refractivity contribution in [2.75, 3.05) is 25.2 Å². The van der Waals surface area contributed by atoms with Gasteiger partial charge in [0.05, 0.1) is 7.11 Å². The van der Waals surface area contributed by atoms with E-state index in [1.807, 2.05) is 0 Å². The number of rotatable bonds is 5. The molecule has 1 aliphatic rings. The van der Waals surface area contributed by atoms with Crippen molar-refractivity contribution < 1.29 is 14.6 Å². The van der Waals surface area contributed by atoms with Gasteiger partial charge in [-0.25, -0.2) is 4.79 Å². The molecule has 1 aromatic rings. The second-order valence-electron chi connectivity index (χ2n) is 4.62. The van der Waals surface area contributed by atoms with Crippen LogP contribution in [-0.4, -0.2) is 47.6 Å². The van der Waals surface area contributed by atoms with Crippen molar-refractivity contribution >= 4 is 11.8 Å². The average molecular weight is 265 g/mol. The van der Waals surface area contributed by atoms with Gasteiger partial charge in [-0.15, -0.1) is 10.2 Å². The lowest BCUT2D eigenvalue weighted by Crippen LogP contribution is -2.30.